The van der Waals surface area contributed by atoms with Gasteiger partial charge >= 0.3 is 13.8 Å². The van der Waals surface area contributed by atoms with Crippen LogP contribution in [0, 0.1) is 0 Å². The first kappa shape index (κ1) is 50.6. The van der Waals surface area contributed by atoms with Crippen LogP contribution in [0.3, 0.4) is 0 Å². The Bertz CT molecular complexity index is 1090. The average molecular weight is 765 g/mol. The van der Waals surface area contributed by atoms with E-state index in [9.17, 15) is 19.4 Å². The molecule has 304 valence electrons. The molecule has 53 heavy (non-hydrogen) atoms. The summed E-state index contributed by atoms with van der Waals surface area (Å²) >= 11 is 0. The smallest absolute Gasteiger partial charge is 0.457 e. The first-order valence-electron chi connectivity index (χ1n) is 20.1. The molecule has 0 saturated heterocycles. The molecular formula is C43H73O9P. The molecule has 0 saturated carbocycles. The van der Waals surface area contributed by atoms with Gasteiger partial charge in [-0.05, 0) is 64.2 Å². The van der Waals surface area contributed by atoms with Gasteiger partial charge < -0.3 is 24.6 Å². The third-order valence-electron chi connectivity index (χ3n) is 7.85. The van der Waals surface area contributed by atoms with Gasteiger partial charge in [-0.3, -0.25) is 13.8 Å². The molecule has 0 aromatic rings. The molecule has 0 bridgehead atoms. The molecule has 0 fully saturated rings. The standard InChI is InChI=1S/C43H73O9P/c1-3-5-7-9-11-13-14-15-16-17-18-19-20-21-22-23-24-25-26-27-29-31-33-35-43(46)52-42(40-51-53(47,48)50-38-41(45)37-44)39-49-36-34-32-30-28-12-10-8-6-4-2/h5,7,11,13,15-16,18-19,21-22,24-25,27,29,41-42,44-45H,3-4,6,8-10,12,14,17,20,23,26,28,30-40H2,1-2H3,(H,47,48)/b7-5-,13-11-,16-15-,19-18-,22-21-,25-24-,29-27-. The lowest BCUT2D eigenvalue weighted by atomic mass is 10.1. The Morgan fingerprint density at radius 1 is 0.604 bits per heavy atom. The van der Waals surface area contributed by atoms with Crippen LogP contribution in [-0.2, 0) is 27.9 Å². The zero-order valence-electron chi connectivity index (χ0n) is 32.9. The van der Waals surface area contributed by atoms with Crippen molar-refractivity contribution in [3.8, 4) is 0 Å². The quantitative estimate of drug-likeness (QED) is 0.0245. The number of aliphatic hydroxyl groups is 2. The number of aliphatic hydroxyl groups excluding tert-OH is 2. The van der Waals surface area contributed by atoms with Crippen molar-refractivity contribution in [3.05, 3.63) is 85.1 Å². The van der Waals surface area contributed by atoms with Crippen LogP contribution in [0.25, 0.3) is 0 Å². The molecule has 10 heteroatoms. The SMILES string of the molecule is CC/C=C\C/C=C\C/C=C\C/C=C\C/C=C\C/C=C\C/C=C\CCCC(=O)OC(COCCCCCCCCCCC)COP(=O)(O)OCC(O)CO. The second-order valence-corrected chi connectivity index (χ2v) is 14.4. The largest absolute Gasteiger partial charge is 0.472 e. The van der Waals surface area contributed by atoms with Crippen molar-refractivity contribution in [2.24, 2.45) is 0 Å². The van der Waals surface area contributed by atoms with Gasteiger partial charge in [0.05, 0.1) is 26.4 Å². The van der Waals surface area contributed by atoms with Crippen molar-refractivity contribution >= 4 is 13.8 Å². The normalized spacial score (nSPS) is 15.0. The Kier molecular flexibility index (Phi) is 37.6. The zero-order valence-corrected chi connectivity index (χ0v) is 33.8. The summed E-state index contributed by atoms with van der Waals surface area (Å²) in [6, 6.07) is 0. The van der Waals surface area contributed by atoms with E-state index in [1.54, 1.807) is 0 Å². The van der Waals surface area contributed by atoms with Gasteiger partial charge in [0.15, 0.2) is 0 Å². The molecule has 0 aliphatic heterocycles. The van der Waals surface area contributed by atoms with E-state index < -0.39 is 45.8 Å². The average Bonchev–Trinajstić information content (AvgIpc) is 3.15. The molecule has 0 aliphatic rings. The topological polar surface area (TPSA) is 132 Å². The van der Waals surface area contributed by atoms with Crippen molar-refractivity contribution in [2.75, 3.05) is 33.0 Å². The minimum atomic E-state index is -4.53. The second-order valence-electron chi connectivity index (χ2n) is 12.9. The van der Waals surface area contributed by atoms with Crippen LogP contribution in [0.2, 0.25) is 0 Å². The highest BCUT2D eigenvalue weighted by molar-refractivity contribution is 7.47. The maximum absolute atomic E-state index is 12.5. The highest BCUT2D eigenvalue weighted by atomic mass is 31.2. The third kappa shape index (κ3) is 39.2. The molecule has 0 amide bonds. The second kappa shape index (κ2) is 39.3. The van der Waals surface area contributed by atoms with Crippen LogP contribution in [0.4, 0.5) is 0 Å². The van der Waals surface area contributed by atoms with Gasteiger partial charge in [0.25, 0.3) is 0 Å². The number of allylic oxidation sites excluding steroid dienone is 14. The minimum Gasteiger partial charge on any atom is -0.457 e. The van der Waals surface area contributed by atoms with E-state index in [0.717, 1.165) is 70.6 Å². The monoisotopic (exact) mass is 764 g/mol. The van der Waals surface area contributed by atoms with Crippen LogP contribution in [0.15, 0.2) is 85.1 Å². The first-order chi connectivity index (χ1) is 25.8. The number of carbonyl (C=O) groups is 1. The first-order valence-corrected chi connectivity index (χ1v) is 21.6. The van der Waals surface area contributed by atoms with Crippen LogP contribution in [-0.4, -0.2) is 66.3 Å². The molecule has 0 rings (SSSR count). The number of phosphoric ester groups is 1. The van der Waals surface area contributed by atoms with Crippen molar-refractivity contribution in [1.82, 2.24) is 0 Å². The Hall–Kier alpha value is -2.36. The molecular weight excluding hydrogens is 691 g/mol. The van der Waals surface area contributed by atoms with E-state index in [4.69, 9.17) is 23.6 Å². The Balaban J connectivity index is 4.29. The van der Waals surface area contributed by atoms with E-state index in [2.05, 4.69) is 92.8 Å². The number of unbranched alkanes of at least 4 members (excludes halogenated alkanes) is 9. The summed E-state index contributed by atoms with van der Waals surface area (Å²) in [4.78, 5) is 22.5. The molecule has 0 aromatic heterocycles. The molecule has 0 radical (unpaired) electrons. The van der Waals surface area contributed by atoms with Crippen molar-refractivity contribution in [3.63, 3.8) is 0 Å². The predicted molar refractivity (Wildman–Crippen MR) is 219 cm³/mol. The van der Waals surface area contributed by atoms with Gasteiger partial charge in [0, 0.05) is 13.0 Å². The summed E-state index contributed by atoms with van der Waals surface area (Å²) in [5.74, 6) is -0.444. The molecule has 3 atom stereocenters. The molecule has 0 aromatic carbocycles. The van der Waals surface area contributed by atoms with Crippen molar-refractivity contribution < 1.29 is 43.0 Å². The van der Waals surface area contributed by atoms with Gasteiger partial charge in [-0.2, -0.15) is 0 Å². The van der Waals surface area contributed by atoms with Crippen LogP contribution in [0.1, 0.15) is 136 Å². The van der Waals surface area contributed by atoms with E-state index in [1.807, 2.05) is 6.08 Å². The van der Waals surface area contributed by atoms with E-state index in [-0.39, 0.29) is 13.0 Å². The van der Waals surface area contributed by atoms with Crippen molar-refractivity contribution in [2.45, 2.75) is 148 Å². The third-order valence-corrected chi connectivity index (χ3v) is 8.80. The molecule has 9 nitrogen and oxygen atoms in total. The number of phosphoric acid groups is 1. The lowest BCUT2D eigenvalue weighted by Gasteiger charge is -2.20. The molecule has 3 unspecified atom stereocenters. The zero-order chi connectivity index (χ0) is 38.9. The van der Waals surface area contributed by atoms with Crippen molar-refractivity contribution in [1.29, 1.82) is 0 Å². The fourth-order valence-electron chi connectivity index (χ4n) is 4.81. The number of ether oxygens (including phenoxy) is 2. The maximum atomic E-state index is 12.5. The predicted octanol–water partition coefficient (Wildman–Crippen LogP) is 10.7. The van der Waals surface area contributed by atoms with E-state index in [1.165, 1.54) is 38.5 Å². The van der Waals surface area contributed by atoms with E-state index >= 15 is 0 Å². The van der Waals surface area contributed by atoms with Crippen LogP contribution >= 0.6 is 7.82 Å². The fraction of sp³-hybridized carbons (Fsp3) is 0.651. The lowest BCUT2D eigenvalue weighted by Crippen LogP contribution is -2.29. The summed E-state index contributed by atoms with van der Waals surface area (Å²) in [6.07, 6.45) is 47.0. The molecule has 0 spiro atoms. The highest BCUT2D eigenvalue weighted by Crippen LogP contribution is 2.43. The fourth-order valence-corrected chi connectivity index (χ4v) is 5.60. The van der Waals surface area contributed by atoms with E-state index in [0.29, 0.717) is 13.0 Å². The Morgan fingerprint density at radius 3 is 1.55 bits per heavy atom. The maximum Gasteiger partial charge on any atom is 0.472 e. The highest BCUT2D eigenvalue weighted by Gasteiger charge is 2.26. The number of esters is 1. The summed E-state index contributed by atoms with van der Waals surface area (Å²) in [5.41, 5.74) is 0. The number of hydrogen-bond donors (Lipinski definition) is 3. The number of carbonyl (C=O) groups excluding carboxylic acids is 1. The van der Waals surface area contributed by atoms with Gasteiger partial charge in [-0.1, -0.05) is 150 Å². The molecule has 0 aliphatic carbocycles. The van der Waals surface area contributed by atoms with Gasteiger partial charge in [0.2, 0.25) is 0 Å². The Labute approximate surface area is 322 Å². The molecule has 3 N–H and O–H groups in total. The van der Waals surface area contributed by atoms with Crippen LogP contribution in [0.5, 0.6) is 0 Å². The van der Waals surface area contributed by atoms with Gasteiger partial charge in [-0.25, -0.2) is 4.57 Å². The lowest BCUT2D eigenvalue weighted by molar-refractivity contribution is -0.154. The number of hydrogen-bond acceptors (Lipinski definition) is 8. The Morgan fingerprint density at radius 2 is 1.06 bits per heavy atom. The van der Waals surface area contributed by atoms with Gasteiger partial charge in [0.1, 0.15) is 12.2 Å². The number of rotatable bonds is 37. The van der Waals surface area contributed by atoms with Gasteiger partial charge in [-0.15, -0.1) is 0 Å². The summed E-state index contributed by atoms with van der Waals surface area (Å²) in [5, 5.41) is 18.3. The summed E-state index contributed by atoms with van der Waals surface area (Å²) in [7, 11) is -4.53. The van der Waals surface area contributed by atoms with Crippen LogP contribution < -0.4 is 0 Å². The molecule has 0 heterocycles. The summed E-state index contributed by atoms with van der Waals surface area (Å²) < 4.78 is 33.1. The minimum absolute atomic E-state index is 0.0217. The summed E-state index contributed by atoms with van der Waals surface area (Å²) in [6.45, 7) is 3.27.